The number of carbonyl (C=O) groups is 1. The molecule has 2 heterocycles. The van der Waals surface area contributed by atoms with Gasteiger partial charge in [0.1, 0.15) is 17.2 Å². The summed E-state index contributed by atoms with van der Waals surface area (Å²) in [4.78, 5) is 14.1. The Morgan fingerprint density at radius 1 is 1.16 bits per heavy atom. The van der Waals surface area contributed by atoms with Crippen LogP contribution in [0.3, 0.4) is 0 Å². The Morgan fingerprint density at radius 2 is 1.91 bits per heavy atom. The van der Waals surface area contributed by atoms with Crippen molar-refractivity contribution in [3.05, 3.63) is 57.6 Å². The van der Waals surface area contributed by atoms with Gasteiger partial charge in [-0.25, -0.2) is 4.98 Å². The number of methoxy groups -OCH3 is 1. The molecule has 0 aliphatic rings. The first-order valence-electron chi connectivity index (χ1n) is 9.61. The zero-order valence-corrected chi connectivity index (χ0v) is 18.4. The molecule has 3 aromatic rings. The average molecular weight is 466 g/mol. The van der Waals surface area contributed by atoms with Crippen LogP contribution in [-0.4, -0.2) is 27.5 Å². The molecule has 0 radical (unpaired) electrons. The van der Waals surface area contributed by atoms with Gasteiger partial charge in [0.05, 0.1) is 12.8 Å². The van der Waals surface area contributed by atoms with Crippen molar-refractivity contribution in [2.75, 3.05) is 7.11 Å². The third kappa shape index (κ3) is 5.18. The highest BCUT2D eigenvalue weighted by Crippen LogP contribution is 2.40. The fraction of sp³-hybridized carbons (Fsp3) is 0.318. The standard InChI is InChI=1S/C22H21F3N2O4S/c1-12-13(2)17(7-4-14(12)6-9-19(28)29)31-11-16-20(27-32-21(16)22(23,24)25)15-5-8-18(30-3)26-10-15/h4-5,7-8,10H,6,9,11H2,1-3H3,(H,28,29). The number of aryl methyl sites for hydroxylation is 1. The maximum atomic E-state index is 13.6. The lowest BCUT2D eigenvalue weighted by Crippen LogP contribution is -2.09. The molecule has 0 amide bonds. The zero-order chi connectivity index (χ0) is 23.5. The second-order valence-electron chi connectivity index (χ2n) is 7.08. The monoisotopic (exact) mass is 466 g/mol. The van der Waals surface area contributed by atoms with Gasteiger partial charge in [-0.05, 0) is 60.6 Å². The van der Waals surface area contributed by atoms with Gasteiger partial charge in [-0.15, -0.1) is 0 Å². The van der Waals surface area contributed by atoms with Crippen molar-refractivity contribution in [3.8, 4) is 22.9 Å². The molecule has 0 spiro atoms. The van der Waals surface area contributed by atoms with Crippen LogP contribution in [0.15, 0.2) is 30.5 Å². The van der Waals surface area contributed by atoms with Gasteiger partial charge >= 0.3 is 12.1 Å². The molecule has 3 rings (SSSR count). The number of aromatic nitrogens is 2. The summed E-state index contributed by atoms with van der Waals surface area (Å²) in [5.74, 6) is -0.126. The SMILES string of the molecule is COc1ccc(-c2nsc(C(F)(F)F)c2COc2ccc(CCC(=O)O)c(C)c2C)cn1. The molecule has 32 heavy (non-hydrogen) atoms. The summed E-state index contributed by atoms with van der Waals surface area (Å²) in [5, 5.41) is 8.89. The number of nitrogens with zero attached hydrogens (tertiary/aromatic N) is 2. The van der Waals surface area contributed by atoms with Crippen LogP contribution in [0, 0.1) is 13.8 Å². The molecule has 0 saturated heterocycles. The summed E-state index contributed by atoms with van der Waals surface area (Å²) in [6.07, 6.45) is -2.80. The van der Waals surface area contributed by atoms with Gasteiger partial charge < -0.3 is 14.6 Å². The first-order chi connectivity index (χ1) is 15.1. The smallest absolute Gasteiger partial charge is 0.427 e. The Balaban J connectivity index is 1.90. The minimum atomic E-state index is -4.57. The molecular weight excluding hydrogens is 445 g/mol. The molecule has 10 heteroatoms. The number of aliphatic carboxylic acids is 1. The van der Waals surface area contributed by atoms with E-state index in [0.717, 1.165) is 16.7 Å². The quantitative estimate of drug-likeness (QED) is 0.476. The largest absolute Gasteiger partial charge is 0.488 e. The van der Waals surface area contributed by atoms with Crippen molar-refractivity contribution >= 4 is 17.5 Å². The number of pyridine rings is 1. The first-order valence-corrected chi connectivity index (χ1v) is 10.4. The fourth-order valence-corrected chi connectivity index (χ4v) is 3.97. The number of alkyl halides is 3. The minimum Gasteiger partial charge on any atom is -0.488 e. The lowest BCUT2D eigenvalue weighted by Gasteiger charge is -2.15. The van der Waals surface area contributed by atoms with Gasteiger partial charge in [-0.3, -0.25) is 4.79 Å². The molecular formula is C22H21F3N2O4S. The summed E-state index contributed by atoms with van der Waals surface area (Å²) in [7, 11) is 1.45. The zero-order valence-electron chi connectivity index (χ0n) is 17.6. The van der Waals surface area contributed by atoms with Crippen molar-refractivity contribution in [1.82, 2.24) is 9.36 Å². The predicted molar refractivity (Wildman–Crippen MR) is 113 cm³/mol. The summed E-state index contributed by atoms with van der Waals surface area (Å²) in [6.45, 7) is 3.29. The Morgan fingerprint density at radius 3 is 2.50 bits per heavy atom. The van der Waals surface area contributed by atoms with E-state index in [1.165, 1.54) is 13.3 Å². The third-order valence-corrected chi connectivity index (χ3v) is 6.03. The van der Waals surface area contributed by atoms with E-state index in [-0.39, 0.29) is 24.3 Å². The Labute approximate surface area is 186 Å². The molecule has 0 atom stereocenters. The van der Waals surface area contributed by atoms with Gasteiger partial charge in [0.25, 0.3) is 0 Å². The maximum Gasteiger partial charge on any atom is 0.427 e. The molecule has 1 aromatic carbocycles. The molecule has 2 aromatic heterocycles. The number of carboxylic acids is 1. The highest BCUT2D eigenvalue weighted by Gasteiger charge is 2.38. The van der Waals surface area contributed by atoms with Crippen LogP contribution in [0.4, 0.5) is 13.2 Å². The van der Waals surface area contributed by atoms with Crippen LogP contribution in [0.5, 0.6) is 11.6 Å². The van der Waals surface area contributed by atoms with E-state index in [2.05, 4.69) is 9.36 Å². The van der Waals surface area contributed by atoms with Gasteiger partial charge in [0.2, 0.25) is 5.88 Å². The Bertz CT molecular complexity index is 1110. The lowest BCUT2D eigenvalue weighted by molar-refractivity contribution is -0.137. The van der Waals surface area contributed by atoms with Gasteiger partial charge in [0, 0.05) is 29.8 Å². The second kappa shape index (κ2) is 9.56. The summed E-state index contributed by atoms with van der Waals surface area (Å²) < 4.78 is 55.6. The molecule has 6 nitrogen and oxygen atoms in total. The molecule has 0 bridgehead atoms. The number of hydrogen-bond donors (Lipinski definition) is 1. The third-order valence-electron chi connectivity index (χ3n) is 5.09. The average Bonchev–Trinajstić information content (AvgIpc) is 3.18. The van der Waals surface area contributed by atoms with E-state index in [1.54, 1.807) is 31.2 Å². The second-order valence-corrected chi connectivity index (χ2v) is 7.85. The van der Waals surface area contributed by atoms with Crippen molar-refractivity contribution in [2.45, 2.75) is 39.5 Å². The van der Waals surface area contributed by atoms with Gasteiger partial charge in [-0.1, -0.05) is 6.07 Å². The summed E-state index contributed by atoms with van der Waals surface area (Å²) in [5.41, 5.74) is 2.97. The molecule has 0 saturated carbocycles. The van der Waals surface area contributed by atoms with Gasteiger partial charge in [-0.2, -0.15) is 17.5 Å². The molecule has 0 fully saturated rings. The molecule has 0 aliphatic heterocycles. The topological polar surface area (TPSA) is 81.5 Å². The lowest BCUT2D eigenvalue weighted by atomic mass is 9.99. The Hall–Kier alpha value is -3.14. The van der Waals surface area contributed by atoms with E-state index in [0.29, 0.717) is 35.1 Å². The normalized spacial score (nSPS) is 11.4. The summed E-state index contributed by atoms with van der Waals surface area (Å²) in [6, 6.07) is 6.54. The Kier molecular flexibility index (Phi) is 7.02. The van der Waals surface area contributed by atoms with E-state index in [1.807, 2.05) is 6.92 Å². The van der Waals surface area contributed by atoms with E-state index in [9.17, 15) is 18.0 Å². The maximum absolute atomic E-state index is 13.6. The first kappa shape index (κ1) is 23.5. The van der Waals surface area contributed by atoms with Crippen molar-refractivity contribution < 1.29 is 32.5 Å². The van der Waals surface area contributed by atoms with Crippen LogP contribution >= 0.6 is 11.5 Å². The van der Waals surface area contributed by atoms with Crippen LogP contribution in [0.25, 0.3) is 11.3 Å². The van der Waals surface area contributed by atoms with Crippen LogP contribution < -0.4 is 9.47 Å². The predicted octanol–water partition coefficient (Wildman–Crippen LogP) is 5.45. The highest BCUT2D eigenvalue weighted by molar-refractivity contribution is 7.06. The van der Waals surface area contributed by atoms with Crippen LogP contribution in [-0.2, 0) is 24.0 Å². The molecule has 170 valence electrons. The number of carboxylic acid groups (broad SMARTS) is 1. The van der Waals surface area contributed by atoms with Crippen molar-refractivity contribution in [1.29, 1.82) is 0 Å². The van der Waals surface area contributed by atoms with Crippen LogP contribution in [0.1, 0.15) is 33.6 Å². The number of rotatable bonds is 8. The molecule has 0 unspecified atom stereocenters. The van der Waals surface area contributed by atoms with E-state index >= 15 is 0 Å². The summed E-state index contributed by atoms with van der Waals surface area (Å²) >= 11 is 0.372. The number of ether oxygens (including phenoxy) is 2. The number of benzene rings is 1. The molecule has 1 N–H and O–H groups in total. The van der Waals surface area contributed by atoms with Crippen molar-refractivity contribution in [3.63, 3.8) is 0 Å². The van der Waals surface area contributed by atoms with Gasteiger partial charge in [0.15, 0.2) is 0 Å². The number of hydrogen-bond acceptors (Lipinski definition) is 6. The minimum absolute atomic E-state index is 0.00471. The van der Waals surface area contributed by atoms with E-state index < -0.39 is 17.0 Å². The highest BCUT2D eigenvalue weighted by atomic mass is 32.1. The number of halogens is 3. The molecule has 0 aliphatic carbocycles. The van der Waals surface area contributed by atoms with Crippen LogP contribution in [0.2, 0.25) is 0 Å². The van der Waals surface area contributed by atoms with E-state index in [4.69, 9.17) is 14.6 Å². The van der Waals surface area contributed by atoms with Crippen molar-refractivity contribution in [2.24, 2.45) is 0 Å². The fourth-order valence-electron chi connectivity index (χ4n) is 3.20.